The molecule has 1 spiro atoms. The molecule has 2 heterocycles. The Morgan fingerprint density at radius 2 is 2.05 bits per heavy atom. The van der Waals surface area contributed by atoms with E-state index >= 15 is 0 Å². The van der Waals surface area contributed by atoms with E-state index in [1.165, 1.54) is 0 Å². The number of ether oxygens (including phenoxy) is 1. The Morgan fingerprint density at radius 3 is 2.86 bits per heavy atom. The van der Waals surface area contributed by atoms with Crippen LogP contribution in [-0.4, -0.2) is 34.8 Å². The zero-order valence-corrected chi connectivity index (χ0v) is 12.4. The first-order chi connectivity index (χ1) is 10.7. The van der Waals surface area contributed by atoms with Crippen LogP contribution in [0.1, 0.15) is 24.8 Å². The van der Waals surface area contributed by atoms with Crippen molar-refractivity contribution in [3.05, 3.63) is 48.0 Å². The molecule has 1 aromatic carbocycles. The summed E-state index contributed by atoms with van der Waals surface area (Å²) in [6.07, 6.45) is 6.04. The Morgan fingerprint density at radius 1 is 1.23 bits per heavy atom. The summed E-state index contributed by atoms with van der Waals surface area (Å²) in [6, 6.07) is 10.0. The van der Waals surface area contributed by atoms with Crippen LogP contribution in [0.4, 0.5) is 0 Å². The van der Waals surface area contributed by atoms with E-state index < -0.39 is 0 Å². The molecule has 1 amide bonds. The topological polar surface area (TPSA) is 46.6 Å². The third-order valence-electron chi connectivity index (χ3n) is 5.26. The molecule has 114 valence electrons. The second-order valence-corrected chi connectivity index (χ2v) is 6.51. The van der Waals surface area contributed by atoms with E-state index in [1.54, 1.807) is 11.0 Å². The SMILES string of the molecule is O=C1CN2C(=O)C=CC23CCC(OCc2ccccc2)C1C3. The lowest BCUT2D eigenvalue weighted by Gasteiger charge is -2.50. The van der Waals surface area contributed by atoms with Gasteiger partial charge in [0.1, 0.15) is 0 Å². The lowest BCUT2D eigenvalue weighted by molar-refractivity contribution is -0.154. The van der Waals surface area contributed by atoms with E-state index in [9.17, 15) is 9.59 Å². The number of nitrogens with zero attached hydrogens (tertiary/aromatic N) is 1. The molecule has 2 aliphatic heterocycles. The number of rotatable bonds is 3. The summed E-state index contributed by atoms with van der Waals surface area (Å²) in [7, 11) is 0. The van der Waals surface area contributed by atoms with Gasteiger partial charge >= 0.3 is 0 Å². The van der Waals surface area contributed by atoms with E-state index in [1.807, 2.05) is 36.4 Å². The Balaban J connectivity index is 1.48. The molecule has 22 heavy (non-hydrogen) atoms. The summed E-state index contributed by atoms with van der Waals surface area (Å²) < 4.78 is 6.05. The maximum absolute atomic E-state index is 12.4. The molecule has 1 saturated carbocycles. The molecule has 4 nitrogen and oxygen atoms in total. The number of Topliss-reactive ketones (excluding diaryl/α,β-unsaturated/α-hetero) is 1. The highest BCUT2D eigenvalue weighted by Crippen LogP contribution is 2.45. The number of amides is 1. The molecule has 1 aliphatic carbocycles. The quantitative estimate of drug-likeness (QED) is 0.858. The zero-order valence-electron chi connectivity index (χ0n) is 12.4. The van der Waals surface area contributed by atoms with E-state index in [2.05, 4.69) is 0 Å². The molecule has 4 rings (SSSR count). The van der Waals surface area contributed by atoms with Crippen molar-refractivity contribution >= 4 is 11.7 Å². The summed E-state index contributed by atoms with van der Waals surface area (Å²) in [5.74, 6) is 0.0464. The van der Waals surface area contributed by atoms with Gasteiger partial charge in [-0.1, -0.05) is 36.4 Å². The lowest BCUT2D eigenvalue weighted by atomic mass is 9.69. The van der Waals surface area contributed by atoms with Gasteiger partial charge in [0, 0.05) is 12.0 Å². The third-order valence-corrected chi connectivity index (χ3v) is 5.26. The Hall–Kier alpha value is -1.94. The first-order valence-corrected chi connectivity index (χ1v) is 7.87. The predicted molar refractivity (Wildman–Crippen MR) is 81.0 cm³/mol. The number of hydrogen-bond donors (Lipinski definition) is 0. The van der Waals surface area contributed by atoms with E-state index in [-0.39, 0.29) is 35.8 Å². The predicted octanol–water partition coefficient (Wildman–Crippen LogP) is 2.09. The Kier molecular flexibility index (Phi) is 3.15. The van der Waals surface area contributed by atoms with Crippen molar-refractivity contribution in [2.45, 2.75) is 37.5 Å². The molecule has 0 N–H and O–H groups in total. The van der Waals surface area contributed by atoms with Crippen molar-refractivity contribution in [2.24, 2.45) is 5.92 Å². The van der Waals surface area contributed by atoms with Crippen LogP contribution >= 0.6 is 0 Å². The second kappa shape index (κ2) is 5.06. The van der Waals surface area contributed by atoms with Gasteiger partial charge in [0.2, 0.25) is 5.91 Å². The summed E-state index contributed by atoms with van der Waals surface area (Å²) in [4.78, 5) is 26.1. The van der Waals surface area contributed by atoms with Gasteiger partial charge in [-0.25, -0.2) is 0 Å². The van der Waals surface area contributed by atoms with Crippen LogP contribution in [0.25, 0.3) is 0 Å². The minimum atomic E-state index is -0.220. The fraction of sp³-hybridized carbons (Fsp3) is 0.444. The average molecular weight is 297 g/mol. The molecule has 1 saturated heterocycles. The van der Waals surface area contributed by atoms with Gasteiger partial charge in [-0.05, 0) is 24.8 Å². The Labute approximate surface area is 129 Å². The normalized spacial score (nSPS) is 33.2. The standard InChI is InChI=1S/C18H19NO3/c20-15-11-19-17(21)7-9-18(19)8-6-16(14(15)10-18)22-12-13-4-2-1-3-5-13/h1-5,7,9,14,16H,6,8,10-12H2. The van der Waals surface area contributed by atoms with Gasteiger partial charge in [-0.2, -0.15) is 0 Å². The Bertz CT molecular complexity index is 639. The molecule has 2 fully saturated rings. The maximum atomic E-state index is 12.4. The molecule has 2 bridgehead atoms. The number of benzene rings is 1. The van der Waals surface area contributed by atoms with Crippen molar-refractivity contribution < 1.29 is 14.3 Å². The monoisotopic (exact) mass is 297 g/mol. The van der Waals surface area contributed by atoms with Crippen LogP contribution in [0.2, 0.25) is 0 Å². The third kappa shape index (κ3) is 2.10. The highest BCUT2D eigenvalue weighted by atomic mass is 16.5. The summed E-state index contributed by atoms with van der Waals surface area (Å²) >= 11 is 0. The second-order valence-electron chi connectivity index (χ2n) is 6.51. The van der Waals surface area contributed by atoms with Gasteiger partial charge < -0.3 is 9.64 Å². The minimum absolute atomic E-state index is 0.0181. The summed E-state index contributed by atoms with van der Waals surface area (Å²) in [6.45, 7) is 0.780. The number of hydrogen-bond acceptors (Lipinski definition) is 3. The van der Waals surface area contributed by atoms with Crippen molar-refractivity contribution in [1.82, 2.24) is 4.90 Å². The molecule has 4 heteroatoms. The molecule has 3 aliphatic rings. The largest absolute Gasteiger partial charge is 0.373 e. The molecule has 0 radical (unpaired) electrons. The maximum Gasteiger partial charge on any atom is 0.247 e. The number of piperidine rings is 1. The fourth-order valence-corrected chi connectivity index (χ4v) is 4.04. The van der Waals surface area contributed by atoms with E-state index in [0.29, 0.717) is 13.0 Å². The first kappa shape index (κ1) is 13.7. The van der Waals surface area contributed by atoms with Gasteiger partial charge in [0.25, 0.3) is 0 Å². The van der Waals surface area contributed by atoms with Crippen LogP contribution in [0.15, 0.2) is 42.5 Å². The van der Waals surface area contributed by atoms with Crippen LogP contribution < -0.4 is 0 Å². The molecule has 1 aromatic rings. The molecular formula is C18H19NO3. The fourth-order valence-electron chi connectivity index (χ4n) is 4.04. The summed E-state index contributed by atoms with van der Waals surface area (Å²) in [5.41, 5.74) is 0.908. The number of ketones is 1. The van der Waals surface area contributed by atoms with E-state index in [0.717, 1.165) is 18.4 Å². The highest BCUT2D eigenvalue weighted by Gasteiger charge is 2.53. The zero-order chi connectivity index (χ0) is 15.2. The van der Waals surface area contributed by atoms with Crippen molar-refractivity contribution in [3.63, 3.8) is 0 Å². The average Bonchev–Trinajstić information content (AvgIpc) is 2.85. The van der Waals surface area contributed by atoms with Crippen molar-refractivity contribution in [2.75, 3.05) is 6.54 Å². The number of carbonyl (C=O) groups excluding carboxylic acids is 2. The van der Waals surface area contributed by atoms with Gasteiger partial charge in [-0.3, -0.25) is 9.59 Å². The molecule has 3 unspecified atom stereocenters. The van der Waals surface area contributed by atoms with Gasteiger partial charge in [-0.15, -0.1) is 0 Å². The van der Waals surface area contributed by atoms with Crippen molar-refractivity contribution in [3.8, 4) is 0 Å². The molecule has 0 aromatic heterocycles. The molecular weight excluding hydrogens is 278 g/mol. The van der Waals surface area contributed by atoms with Gasteiger partial charge in [0.05, 0.1) is 24.8 Å². The van der Waals surface area contributed by atoms with E-state index in [4.69, 9.17) is 4.74 Å². The van der Waals surface area contributed by atoms with Crippen molar-refractivity contribution in [1.29, 1.82) is 0 Å². The first-order valence-electron chi connectivity index (χ1n) is 7.87. The number of carbonyl (C=O) groups is 2. The molecule has 3 atom stereocenters. The minimum Gasteiger partial charge on any atom is -0.373 e. The van der Waals surface area contributed by atoms with Crippen LogP contribution in [-0.2, 0) is 20.9 Å². The lowest BCUT2D eigenvalue weighted by Crippen LogP contribution is -2.60. The van der Waals surface area contributed by atoms with Crippen LogP contribution in [0.5, 0.6) is 0 Å². The summed E-state index contributed by atoms with van der Waals surface area (Å²) in [5, 5.41) is 0. The smallest absolute Gasteiger partial charge is 0.247 e. The van der Waals surface area contributed by atoms with Crippen LogP contribution in [0, 0.1) is 5.92 Å². The van der Waals surface area contributed by atoms with Gasteiger partial charge in [0.15, 0.2) is 5.78 Å². The number of fused-ring (bicyclic) bond motifs is 1. The van der Waals surface area contributed by atoms with Crippen LogP contribution in [0.3, 0.4) is 0 Å². The highest BCUT2D eigenvalue weighted by molar-refractivity contribution is 5.97.